The summed E-state index contributed by atoms with van der Waals surface area (Å²) in [5.74, 6) is 0.720. The second-order valence-electron chi connectivity index (χ2n) is 5.39. The van der Waals surface area contributed by atoms with Crippen molar-refractivity contribution in [2.45, 2.75) is 44.7 Å². The summed E-state index contributed by atoms with van der Waals surface area (Å²) in [6, 6.07) is 0.418. The lowest BCUT2D eigenvalue weighted by Crippen LogP contribution is -2.54. The van der Waals surface area contributed by atoms with E-state index in [1.807, 2.05) is 4.90 Å². The number of amides is 2. The van der Waals surface area contributed by atoms with Crippen molar-refractivity contribution in [3.63, 3.8) is 0 Å². The molecule has 2 aliphatic heterocycles. The highest BCUT2D eigenvalue weighted by molar-refractivity contribution is 5.75. The maximum atomic E-state index is 12.2. The second kappa shape index (κ2) is 6.38. The maximum Gasteiger partial charge on any atom is 0.317 e. The van der Waals surface area contributed by atoms with Gasteiger partial charge in [-0.15, -0.1) is 0 Å². The first kappa shape index (κ1) is 13.6. The van der Waals surface area contributed by atoms with E-state index in [1.54, 1.807) is 0 Å². The van der Waals surface area contributed by atoms with Crippen LogP contribution in [0.4, 0.5) is 4.79 Å². The summed E-state index contributed by atoms with van der Waals surface area (Å²) in [6.07, 6.45) is 4.25. The molecule has 3 N–H and O–H groups in total. The zero-order valence-corrected chi connectivity index (χ0v) is 11.2. The average Bonchev–Trinajstić information content (AvgIpc) is 2.90. The van der Waals surface area contributed by atoms with Crippen molar-refractivity contribution in [2.75, 3.05) is 26.3 Å². The molecule has 5 heteroatoms. The zero-order valence-electron chi connectivity index (χ0n) is 11.2. The first-order chi connectivity index (χ1) is 8.74. The Bertz CT molecular complexity index is 279. The largest absolute Gasteiger partial charge is 0.379 e. The van der Waals surface area contributed by atoms with Crippen molar-refractivity contribution < 1.29 is 9.53 Å². The van der Waals surface area contributed by atoms with Gasteiger partial charge in [-0.3, -0.25) is 0 Å². The Labute approximate surface area is 109 Å². The molecule has 0 aromatic heterocycles. The molecule has 0 radical (unpaired) electrons. The molecule has 3 unspecified atom stereocenters. The van der Waals surface area contributed by atoms with Gasteiger partial charge in [0.15, 0.2) is 0 Å². The quantitative estimate of drug-likeness (QED) is 0.788. The summed E-state index contributed by atoms with van der Waals surface area (Å²) < 4.78 is 5.27. The Morgan fingerprint density at radius 2 is 2.33 bits per heavy atom. The van der Waals surface area contributed by atoms with E-state index in [2.05, 4.69) is 12.2 Å². The van der Waals surface area contributed by atoms with Crippen molar-refractivity contribution in [2.24, 2.45) is 11.7 Å². The van der Waals surface area contributed by atoms with Gasteiger partial charge < -0.3 is 20.7 Å². The second-order valence-corrected chi connectivity index (χ2v) is 5.39. The molecule has 2 aliphatic rings. The number of piperidine rings is 1. The van der Waals surface area contributed by atoms with Gasteiger partial charge in [0.2, 0.25) is 0 Å². The third-order valence-corrected chi connectivity index (χ3v) is 4.19. The van der Waals surface area contributed by atoms with E-state index >= 15 is 0 Å². The zero-order chi connectivity index (χ0) is 13.0. The van der Waals surface area contributed by atoms with Gasteiger partial charge in [0, 0.05) is 25.7 Å². The van der Waals surface area contributed by atoms with Gasteiger partial charge in [-0.25, -0.2) is 4.79 Å². The van der Waals surface area contributed by atoms with Crippen LogP contribution in [0.2, 0.25) is 0 Å². The smallest absolute Gasteiger partial charge is 0.317 e. The minimum absolute atomic E-state index is 0.0375. The maximum absolute atomic E-state index is 12.2. The molecule has 104 valence electrons. The molecule has 0 aromatic rings. The fraction of sp³-hybridized carbons (Fsp3) is 0.923. The number of carbonyl (C=O) groups excluding carboxylic acids is 1. The molecule has 18 heavy (non-hydrogen) atoms. The molecular formula is C13H25N3O2. The van der Waals surface area contributed by atoms with Gasteiger partial charge >= 0.3 is 6.03 Å². The number of nitrogens with two attached hydrogens (primary N) is 1. The molecule has 0 saturated carbocycles. The summed E-state index contributed by atoms with van der Waals surface area (Å²) in [6.45, 7) is 5.00. The van der Waals surface area contributed by atoms with E-state index in [1.165, 1.54) is 6.42 Å². The molecule has 0 aliphatic carbocycles. The molecule has 0 spiro atoms. The standard InChI is InChI=1S/C13H25N3O2/c1-2-10-3-5-16(12(7-10)8-14)13(17)15-11-4-6-18-9-11/h10-12H,2-9,14H2,1H3,(H,15,17). The number of carbonyl (C=O) groups is 1. The summed E-state index contributed by atoms with van der Waals surface area (Å²) >= 11 is 0. The van der Waals surface area contributed by atoms with Crippen molar-refractivity contribution >= 4 is 6.03 Å². The fourth-order valence-electron chi connectivity index (χ4n) is 2.90. The lowest BCUT2D eigenvalue weighted by molar-refractivity contribution is 0.124. The average molecular weight is 255 g/mol. The van der Waals surface area contributed by atoms with Gasteiger partial charge in [-0.05, 0) is 25.2 Å². The number of ether oxygens (including phenoxy) is 1. The van der Waals surface area contributed by atoms with Crippen molar-refractivity contribution in [3.8, 4) is 0 Å². The van der Waals surface area contributed by atoms with Crippen LogP contribution in [0, 0.1) is 5.92 Å². The third-order valence-electron chi connectivity index (χ3n) is 4.19. The number of nitrogens with one attached hydrogen (secondary N) is 1. The van der Waals surface area contributed by atoms with E-state index < -0.39 is 0 Å². The van der Waals surface area contributed by atoms with Crippen molar-refractivity contribution in [3.05, 3.63) is 0 Å². The molecule has 5 nitrogen and oxygen atoms in total. The molecule has 2 fully saturated rings. The predicted octanol–water partition coefficient (Wildman–Crippen LogP) is 0.934. The molecule has 2 heterocycles. The SMILES string of the molecule is CCC1CCN(C(=O)NC2CCOC2)C(CN)C1. The van der Waals surface area contributed by atoms with E-state index in [0.29, 0.717) is 13.2 Å². The van der Waals surface area contributed by atoms with E-state index in [-0.39, 0.29) is 18.1 Å². The molecule has 2 saturated heterocycles. The molecular weight excluding hydrogens is 230 g/mol. The Morgan fingerprint density at radius 3 is 2.94 bits per heavy atom. The Kier molecular flexibility index (Phi) is 4.83. The monoisotopic (exact) mass is 255 g/mol. The highest BCUT2D eigenvalue weighted by Crippen LogP contribution is 2.25. The van der Waals surface area contributed by atoms with Crippen molar-refractivity contribution in [1.29, 1.82) is 0 Å². The molecule has 0 bridgehead atoms. The minimum atomic E-state index is 0.0375. The Balaban J connectivity index is 1.87. The van der Waals surface area contributed by atoms with Crippen LogP contribution in [0.5, 0.6) is 0 Å². The molecule has 0 aromatic carbocycles. The van der Waals surface area contributed by atoms with Gasteiger partial charge in [0.1, 0.15) is 0 Å². The van der Waals surface area contributed by atoms with Crippen LogP contribution in [-0.2, 0) is 4.74 Å². The van der Waals surface area contributed by atoms with Gasteiger partial charge in [0.25, 0.3) is 0 Å². The van der Waals surface area contributed by atoms with Crippen LogP contribution in [0.1, 0.15) is 32.6 Å². The van der Waals surface area contributed by atoms with E-state index in [9.17, 15) is 4.79 Å². The van der Waals surface area contributed by atoms with E-state index in [0.717, 1.165) is 38.3 Å². The Morgan fingerprint density at radius 1 is 1.50 bits per heavy atom. The minimum Gasteiger partial charge on any atom is -0.379 e. The molecule has 3 atom stereocenters. The van der Waals surface area contributed by atoms with Crippen LogP contribution in [0.25, 0.3) is 0 Å². The number of hydrogen-bond acceptors (Lipinski definition) is 3. The normalized spacial score (nSPS) is 32.6. The van der Waals surface area contributed by atoms with E-state index in [4.69, 9.17) is 10.5 Å². The lowest BCUT2D eigenvalue weighted by Gasteiger charge is -2.39. The third kappa shape index (κ3) is 3.14. The number of likely N-dealkylation sites (tertiary alicyclic amines) is 1. The van der Waals surface area contributed by atoms with Crippen LogP contribution >= 0.6 is 0 Å². The number of urea groups is 1. The topological polar surface area (TPSA) is 67.6 Å². The van der Waals surface area contributed by atoms with Gasteiger partial charge in [-0.2, -0.15) is 0 Å². The Hall–Kier alpha value is -0.810. The first-order valence-electron chi connectivity index (χ1n) is 7.09. The van der Waals surface area contributed by atoms with Crippen LogP contribution < -0.4 is 11.1 Å². The summed E-state index contributed by atoms with van der Waals surface area (Å²) in [7, 11) is 0. The van der Waals surface area contributed by atoms with Crippen LogP contribution in [0.15, 0.2) is 0 Å². The number of hydrogen-bond donors (Lipinski definition) is 2. The number of rotatable bonds is 3. The van der Waals surface area contributed by atoms with Crippen LogP contribution in [0.3, 0.4) is 0 Å². The summed E-state index contributed by atoms with van der Waals surface area (Å²) in [5, 5.41) is 3.05. The van der Waals surface area contributed by atoms with Crippen LogP contribution in [-0.4, -0.2) is 49.3 Å². The van der Waals surface area contributed by atoms with Crippen molar-refractivity contribution in [1.82, 2.24) is 10.2 Å². The summed E-state index contributed by atoms with van der Waals surface area (Å²) in [4.78, 5) is 14.1. The lowest BCUT2D eigenvalue weighted by atomic mass is 9.89. The highest BCUT2D eigenvalue weighted by Gasteiger charge is 2.31. The predicted molar refractivity (Wildman–Crippen MR) is 70.3 cm³/mol. The summed E-state index contributed by atoms with van der Waals surface area (Å²) in [5.41, 5.74) is 5.81. The van der Waals surface area contributed by atoms with Gasteiger partial charge in [0.05, 0.1) is 12.6 Å². The fourth-order valence-corrected chi connectivity index (χ4v) is 2.90. The highest BCUT2D eigenvalue weighted by atomic mass is 16.5. The molecule has 2 amide bonds. The molecule has 2 rings (SSSR count). The van der Waals surface area contributed by atoms with Gasteiger partial charge in [-0.1, -0.05) is 13.3 Å². The number of nitrogens with zero attached hydrogens (tertiary/aromatic N) is 1. The first-order valence-corrected chi connectivity index (χ1v) is 7.09.